The summed E-state index contributed by atoms with van der Waals surface area (Å²) in [5.41, 5.74) is 0. The zero-order valence-corrected chi connectivity index (χ0v) is 9.40. The second-order valence-corrected chi connectivity index (χ2v) is 0.955. The Morgan fingerprint density at radius 2 is 2.00 bits per heavy atom. The normalized spacial score (nSPS) is 5.29. The van der Waals surface area contributed by atoms with Crippen molar-refractivity contribution in [3.05, 3.63) is 0 Å². The molecule has 0 amide bonds. The Labute approximate surface area is 91.8 Å². The average Bonchev–Trinajstić information content (AvgIpc) is 1.41. The molecule has 0 aromatic heterocycles. The summed E-state index contributed by atoms with van der Waals surface area (Å²) in [5, 5.41) is 0. The Bertz CT molecular complexity index is 37.7. The van der Waals surface area contributed by atoms with Crippen LogP contribution in [-0.2, 0) is 4.79 Å². The quantitative estimate of drug-likeness (QED) is 0.264. The van der Waals surface area contributed by atoms with Crippen molar-refractivity contribution in [3.63, 3.8) is 0 Å². The molecule has 0 bridgehead atoms. The molecule has 0 aliphatic rings. The van der Waals surface area contributed by atoms with E-state index in [-0.39, 0.29) is 62.0 Å². The second kappa shape index (κ2) is 15.6. The van der Waals surface area contributed by atoms with E-state index >= 15 is 0 Å². The molecule has 0 saturated carbocycles. The molecule has 7 heavy (non-hydrogen) atoms. The van der Waals surface area contributed by atoms with Crippen LogP contribution in [0.15, 0.2) is 0 Å². The molecule has 0 heterocycles. The number of carbonyl (C=O) groups excluding carboxylic acids is 1. The monoisotopic (exact) mass is 120 g/mol. The molecular weight excluding hydrogens is 110 g/mol. The van der Waals surface area contributed by atoms with Crippen LogP contribution in [-0.4, -0.2) is 6.29 Å². The maximum Gasteiger partial charge on any atom is 1.00 e. The Hall–Kier alpha value is 1.67. The summed E-state index contributed by atoms with van der Waals surface area (Å²) < 4.78 is 0. The van der Waals surface area contributed by atoms with Gasteiger partial charge in [0.2, 0.25) is 0 Å². The number of unbranched alkanes of at least 4 members (excludes halogenated alkanes) is 1. The fraction of sp³-hybridized carbons (Fsp3) is 0.750. The molecule has 34 valence electrons. The van der Waals surface area contributed by atoms with Crippen molar-refractivity contribution in [2.45, 2.75) is 19.8 Å². The first kappa shape index (κ1) is 15.9. The molecule has 0 aromatic carbocycles. The minimum atomic E-state index is 0. The van der Waals surface area contributed by atoms with Gasteiger partial charge in [-0.25, -0.2) is 0 Å². The molecule has 0 atom stereocenters. The number of hydrogen-bond donors (Lipinski definition) is 0. The first-order chi connectivity index (χ1) is 2.41. The van der Waals surface area contributed by atoms with E-state index in [0.717, 1.165) is 12.7 Å². The van der Waals surface area contributed by atoms with E-state index in [9.17, 15) is 4.79 Å². The van der Waals surface area contributed by atoms with Crippen LogP contribution in [0.3, 0.4) is 0 Å². The van der Waals surface area contributed by atoms with Gasteiger partial charge in [-0.2, -0.15) is 0 Å². The van der Waals surface area contributed by atoms with Crippen LogP contribution in [0, 0.1) is 0 Å². The van der Waals surface area contributed by atoms with Gasteiger partial charge in [0, 0.05) is 6.42 Å². The minimum absolute atomic E-state index is 0. The van der Waals surface area contributed by atoms with Gasteiger partial charge in [0.05, 0.1) is 0 Å². The van der Waals surface area contributed by atoms with Crippen LogP contribution < -0.4 is 59.1 Å². The second-order valence-electron chi connectivity index (χ2n) is 0.955. The van der Waals surface area contributed by atoms with Crippen molar-refractivity contribution in [2.24, 2.45) is 0 Å². The minimum Gasteiger partial charge on any atom is -1.00 e. The fourth-order valence-corrected chi connectivity index (χ4v) is 0.118. The van der Waals surface area contributed by atoms with Crippen molar-refractivity contribution in [1.29, 1.82) is 0 Å². The fourth-order valence-electron chi connectivity index (χ4n) is 0.118. The molecular formula is C4H10Na2O. The van der Waals surface area contributed by atoms with Crippen molar-refractivity contribution in [3.8, 4) is 0 Å². The van der Waals surface area contributed by atoms with E-state index in [2.05, 4.69) is 0 Å². The standard InChI is InChI=1S/C4H8O.2Na.2H/c1-2-3-4-5;;;;/h4H,2-3H2,1H3;;;;/q;2*+1;2*-1. The van der Waals surface area contributed by atoms with Crippen molar-refractivity contribution in [1.82, 2.24) is 0 Å². The molecule has 1 nitrogen and oxygen atoms in total. The van der Waals surface area contributed by atoms with E-state index in [1.54, 1.807) is 0 Å². The predicted octanol–water partition coefficient (Wildman–Crippen LogP) is -4.78. The molecule has 0 fully saturated rings. The molecule has 0 saturated heterocycles. The maximum atomic E-state index is 9.40. The predicted molar refractivity (Wildman–Crippen MR) is 23.2 cm³/mol. The molecule has 0 radical (unpaired) electrons. The summed E-state index contributed by atoms with van der Waals surface area (Å²) in [6, 6.07) is 0. The smallest absolute Gasteiger partial charge is 1.00 e. The molecule has 0 rings (SSSR count). The molecule has 0 unspecified atom stereocenters. The van der Waals surface area contributed by atoms with Gasteiger partial charge in [-0.05, 0) is 6.42 Å². The first-order valence-electron chi connectivity index (χ1n) is 1.85. The number of aldehydes is 1. The van der Waals surface area contributed by atoms with Gasteiger partial charge in [0.15, 0.2) is 0 Å². The topological polar surface area (TPSA) is 17.1 Å². The van der Waals surface area contributed by atoms with Crippen LogP contribution in [0.4, 0.5) is 0 Å². The maximum absolute atomic E-state index is 9.40. The molecule has 0 aromatic rings. The molecule has 3 heteroatoms. The van der Waals surface area contributed by atoms with Gasteiger partial charge in [0.1, 0.15) is 6.29 Å². The van der Waals surface area contributed by atoms with Gasteiger partial charge in [0.25, 0.3) is 0 Å². The number of rotatable bonds is 2. The van der Waals surface area contributed by atoms with E-state index < -0.39 is 0 Å². The van der Waals surface area contributed by atoms with Crippen LogP contribution in [0.2, 0.25) is 0 Å². The number of carbonyl (C=O) groups is 1. The summed E-state index contributed by atoms with van der Waals surface area (Å²) in [6.45, 7) is 1.98. The first-order valence-corrected chi connectivity index (χ1v) is 1.85. The van der Waals surface area contributed by atoms with Crippen LogP contribution in [0.25, 0.3) is 0 Å². The molecule has 0 aliphatic carbocycles. The summed E-state index contributed by atoms with van der Waals surface area (Å²) >= 11 is 0. The third kappa shape index (κ3) is 18.3. The van der Waals surface area contributed by atoms with E-state index in [0.29, 0.717) is 6.42 Å². The third-order valence-corrected chi connectivity index (χ3v) is 0.407. The van der Waals surface area contributed by atoms with Crippen molar-refractivity contribution >= 4 is 6.29 Å². The largest absolute Gasteiger partial charge is 1.00 e. The Morgan fingerprint density at radius 3 is 2.00 bits per heavy atom. The molecule has 0 aliphatic heterocycles. The number of hydrogen-bond acceptors (Lipinski definition) is 1. The van der Waals surface area contributed by atoms with Gasteiger partial charge >= 0.3 is 59.1 Å². The van der Waals surface area contributed by atoms with Gasteiger partial charge in [-0.3, -0.25) is 0 Å². The summed E-state index contributed by atoms with van der Waals surface area (Å²) in [5.74, 6) is 0. The zero-order chi connectivity index (χ0) is 4.12. The third-order valence-electron chi connectivity index (χ3n) is 0.407. The van der Waals surface area contributed by atoms with Crippen molar-refractivity contribution in [2.75, 3.05) is 0 Å². The summed E-state index contributed by atoms with van der Waals surface area (Å²) in [7, 11) is 0. The van der Waals surface area contributed by atoms with Gasteiger partial charge in [-0.15, -0.1) is 0 Å². The van der Waals surface area contributed by atoms with Crippen LogP contribution in [0.1, 0.15) is 22.6 Å². The Morgan fingerprint density at radius 1 is 1.57 bits per heavy atom. The Balaban J connectivity index is -0.0000000133. The van der Waals surface area contributed by atoms with Gasteiger partial charge in [-0.1, -0.05) is 6.92 Å². The SMILES string of the molecule is CCCC=O.[H-].[H-].[Na+].[Na+]. The molecule has 0 N–H and O–H groups in total. The van der Waals surface area contributed by atoms with Gasteiger partial charge < -0.3 is 7.65 Å². The zero-order valence-electron chi connectivity index (χ0n) is 7.40. The molecule has 0 spiro atoms. The van der Waals surface area contributed by atoms with Crippen LogP contribution >= 0.6 is 0 Å². The average molecular weight is 120 g/mol. The Kier molecular flexibility index (Phi) is 35.5. The van der Waals surface area contributed by atoms with E-state index in [1.807, 2.05) is 6.92 Å². The summed E-state index contributed by atoms with van der Waals surface area (Å²) in [4.78, 5) is 9.40. The summed E-state index contributed by atoms with van der Waals surface area (Å²) in [6.07, 6.45) is 2.61. The van der Waals surface area contributed by atoms with E-state index in [4.69, 9.17) is 0 Å². The van der Waals surface area contributed by atoms with Crippen molar-refractivity contribution < 1.29 is 66.8 Å². The van der Waals surface area contributed by atoms with Crippen LogP contribution in [0.5, 0.6) is 0 Å². The van der Waals surface area contributed by atoms with E-state index in [1.165, 1.54) is 0 Å².